The third kappa shape index (κ3) is 7.86. The Morgan fingerprint density at radius 2 is 0.840 bits per heavy atom. The minimum Gasteiger partial charge on any atom is -0.449 e. The number of hydrogen-bond donors (Lipinski definition) is 0. The normalized spacial score (nSPS) is 14.2. The predicted octanol–water partition coefficient (Wildman–Crippen LogP) is 10.9. The van der Waals surface area contributed by atoms with E-state index >= 15 is 0 Å². The van der Waals surface area contributed by atoms with Gasteiger partial charge in [-0.2, -0.15) is 0 Å². The molecule has 0 atom stereocenters. The molecule has 4 aromatic rings. The van der Waals surface area contributed by atoms with E-state index in [4.69, 9.17) is 8.83 Å². The molecule has 2 aromatic carbocycles. The van der Waals surface area contributed by atoms with Crippen LogP contribution in [0.4, 0.5) is 11.4 Å². The third-order valence-electron chi connectivity index (χ3n) is 10.3. The maximum atomic E-state index is 14.3. The Hall–Kier alpha value is -3.10. The van der Waals surface area contributed by atoms with Crippen LogP contribution in [0.5, 0.6) is 0 Å². The van der Waals surface area contributed by atoms with E-state index in [2.05, 4.69) is 70.0 Å². The van der Waals surface area contributed by atoms with Gasteiger partial charge in [-0.25, -0.2) is 0 Å². The molecule has 8 heteroatoms. The van der Waals surface area contributed by atoms with Crippen molar-refractivity contribution in [2.24, 2.45) is 0 Å². The lowest BCUT2D eigenvalue weighted by atomic mass is 10.0. The lowest BCUT2D eigenvalue weighted by molar-refractivity contribution is -0.114. The van der Waals surface area contributed by atoms with E-state index in [1.807, 2.05) is 34.1 Å². The Labute approximate surface area is 313 Å². The lowest BCUT2D eigenvalue weighted by Gasteiger charge is -2.23. The van der Waals surface area contributed by atoms with E-state index < -0.39 is 0 Å². The second kappa shape index (κ2) is 17.4. The average Bonchev–Trinajstić information content (AvgIpc) is 3.87. The molecule has 0 saturated carbocycles. The van der Waals surface area contributed by atoms with Crippen LogP contribution in [0, 0.1) is 0 Å². The zero-order valence-electron chi connectivity index (χ0n) is 29.6. The van der Waals surface area contributed by atoms with E-state index in [-0.39, 0.29) is 11.8 Å². The van der Waals surface area contributed by atoms with Crippen LogP contribution >= 0.6 is 31.9 Å². The average molecular weight is 807 g/mol. The second-order valence-electron chi connectivity index (χ2n) is 13.8. The van der Waals surface area contributed by atoms with Crippen molar-refractivity contribution in [3.05, 3.63) is 79.8 Å². The molecule has 0 spiro atoms. The molecular formula is C42H50Br2N2O4. The number of furan rings is 2. The highest BCUT2D eigenvalue weighted by Crippen LogP contribution is 2.38. The molecule has 0 aliphatic carbocycles. The number of fused-ring (bicyclic) bond motifs is 5. The summed E-state index contributed by atoms with van der Waals surface area (Å²) in [5, 5.41) is 3.71. The van der Waals surface area contributed by atoms with Gasteiger partial charge in [-0.1, -0.05) is 128 Å². The summed E-state index contributed by atoms with van der Waals surface area (Å²) in [6, 6.07) is 15.7. The Bertz CT molecular complexity index is 1800. The maximum absolute atomic E-state index is 14.3. The minimum atomic E-state index is -0.0302. The summed E-state index contributed by atoms with van der Waals surface area (Å²) in [4.78, 5) is 32.4. The maximum Gasteiger partial charge on any atom is 0.262 e. The molecule has 2 aliphatic rings. The zero-order valence-corrected chi connectivity index (χ0v) is 32.8. The largest absolute Gasteiger partial charge is 0.449 e. The number of anilines is 2. The third-order valence-corrected chi connectivity index (χ3v) is 11.1. The topological polar surface area (TPSA) is 66.9 Å². The number of carbonyl (C=O) groups is 2. The van der Waals surface area contributed by atoms with Gasteiger partial charge in [0.15, 0.2) is 9.34 Å². The number of hydrogen-bond acceptors (Lipinski definition) is 4. The second-order valence-corrected chi connectivity index (χ2v) is 15.4. The van der Waals surface area contributed by atoms with Crippen molar-refractivity contribution in [3.8, 4) is 0 Å². The van der Waals surface area contributed by atoms with Gasteiger partial charge in [-0.15, -0.1) is 0 Å². The van der Waals surface area contributed by atoms with Gasteiger partial charge in [0.25, 0.3) is 11.8 Å². The fourth-order valence-electron chi connectivity index (χ4n) is 7.67. The van der Waals surface area contributed by atoms with Gasteiger partial charge in [0, 0.05) is 34.3 Å². The van der Waals surface area contributed by atoms with Crippen LogP contribution < -0.4 is 20.2 Å². The number of benzene rings is 2. The van der Waals surface area contributed by atoms with Crippen molar-refractivity contribution < 1.29 is 18.4 Å². The number of halogens is 2. The summed E-state index contributed by atoms with van der Waals surface area (Å²) in [7, 11) is 0. The molecule has 0 bridgehead atoms. The summed E-state index contributed by atoms with van der Waals surface area (Å²) >= 11 is 6.87. The van der Waals surface area contributed by atoms with Crippen molar-refractivity contribution in [2.75, 3.05) is 22.9 Å². The number of carbonyl (C=O) groups excluding carboxylic acids is 2. The van der Waals surface area contributed by atoms with Gasteiger partial charge in [-0.3, -0.25) is 9.59 Å². The number of nitrogens with zero attached hydrogens (tertiary/aromatic N) is 2. The first-order chi connectivity index (χ1) is 24.4. The quantitative estimate of drug-likeness (QED) is 0.0835. The SMILES string of the molecule is CCCCCCCCCCN1C(=O)C(c2ccc(Br)o2)=c2ccc3c4c(ccc3c21)=C(c1ccc(Br)o1)C(=O)N4CCCCCCCCCC. The van der Waals surface area contributed by atoms with Gasteiger partial charge < -0.3 is 18.6 Å². The van der Waals surface area contributed by atoms with E-state index in [9.17, 15) is 9.59 Å². The van der Waals surface area contributed by atoms with Gasteiger partial charge in [-0.05, 0) is 69.0 Å². The fourth-order valence-corrected chi connectivity index (χ4v) is 8.28. The molecule has 0 unspecified atom stereocenters. The molecule has 6 nitrogen and oxygen atoms in total. The molecule has 6 rings (SSSR count). The molecule has 0 radical (unpaired) electrons. The van der Waals surface area contributed by atoms with Crippen molar-refractivity contribution in [1.82, 2.24) is 0 Å². The van der Waals surface area contributed by atoms with Crippen LogP contribution in [0.3, 0.4) is 0 Å². The number of amides is 2. The summed E-state index contributed by atoms with van der Waals surface area (Å²) < 4.78 is 13.1. The van der Waals surface area contributed by atoms with E-state index in [0.717, 1.165) is 58.3 Å². The monoisotopic (exact) mass is 804 g/mol. The van der Waals surface area contributed by atoms with Gasteiger partial charge in [0.05, 0.1) is 22.5 Å². The van der Waals surface area contributed by atoms with Crippen LogP contribution in [0.1, 0.15) is 128 Å². The van der Waals surface area contributed by atoms with E-state index in [1.165, 1.54) is 77.0 Å². The highest BCUT2D eigenvalue weighted by molar-refractivity contribution is 9.10. The fraction of sp³-hybridized carbons (Fsp3) is 0.476. The Morgan fingerprint density at radius 3 is 1.18 bits per heavy atom. The number of rotatable bonds is 20. The lowest BCUT2D eigenvalue weighted by Crippen LogP contribution is -2.30. The molecule has 266 valence electrons. The summed E-state index contributed by atoms with van der Waals surface area (Å²) in [6.07, 6.45) is 19.2. The first-order valence-corrected chi connectivity index (χ1v) is 20.5. The molecule has 2 aromatic heterocycles. The van der Waals surface area contributed by atoms with Crippen LogP contribution in [-0.2, 0) is 9.59 Å². The smallest absolute Gasteiger partial charge is 0.262 e. The highest BCUT2D eigenvalue weighted by Gasteiger charge is 2.36. The van der Waals surface area contributed by atoms with Crippen LogP contribution in [0.25, 0.3) is 21.9 Å². The highest BCUT2D eigenvalue weighted by atomic mass is 79.9. The summed E-state index contributed by atoms with van der Waals surface area (Å²) in [6.45, 7) is 5.78. The minimum absolute atomic E-state index is 0.0302. The summed E-state index contributed by atoms with van der Waals surface area (Å²) in [5.74, 6) is 1.06. The van der Waals surface area contributed by atoms with Crippen molar-refractivity contribution in [2.45, 2.75) is 117 Å². The van der Waals surface area contributed by atoms with Crippen LogP contribution in [0.2, 0.25) is 0 Å². The van der Waals surface area contributed by atoms with E-state index in [1.54, 1.807) is 0 Å². The first-order valence-electron chi connectivity index (χ1n) is 18.9. The van der Waals surface area contributed by atoms with Crippen LogP contribution in [-0.4, -0.2) is 24.9 Å². The standard InChI is InChI=1S/C42H50Br2N2O4/c1-3-5-7-9-11-13-15-17-27-45-39-29-19-22-32-38(34-24-26-36(44)50-34)42(48)46(28-18-16-14-12-10-8-6-4-2)40(32)30(29)20-21-31(39)37(41(45)47)33-23-25-35(43)49-33/h19-26H,3-18,27-28H2,1-2H3. The van der Waals surface area contributed by atoms with Crippen molar-refractivity contribution >= 4 is 77.0 Å². The zero-order chi connectivity index (χ0) is 35.0. The van der Waals surface area contributed by atoms with E-state index in [0.29, 0.717) is 45.1 Å². The molecule has 0 fully saturated rings. The molecular weight excluding hydrogens is 756 g/mol. The Morgan fingerprint density at radius 1 is 0.480 bits per heavy atom. The predicted molar refractivity (Wildman–Crippen MR) is 211 cm³/mol. The molecule has 2 aliphatic heterocycles. The van der Waals surface area contributed by atoms with Gasteiger partial charge >= 0.3 is 0 Å². The van der Waals surface area contributed by atoms with Crippen molar-refractivity contribution in [3.63, 3.8) is 0 Å². The number of unbranched alkanes of at least 4 members (excludes halogenated alkanes) is 14. The summed E-state index contributed by atoms with van der Waals surface area (Å²) in [5.41, 5.74) is 3.00. The van der Waals surface area contributed by atoms with Crippen molar-refractivity contribution in [1.29, 1.82) is 0 Å². The molecule has 2 amide bonds. The Balaban J connectivity index is 1.36. The molecule has 50 heavy (non-hydrogen) atoms. The first kappa shape index (κ1) is 36.7. The van der Waals surface area contributed by atoms with Gasteiger partial charge in [0.2, 0.25) is 0 Å². The Kier molecular flexibility index (Phi) is 12.8. The van der Waals surface area contributed by atoms with Gasteiger partial charge in [0.1, 0.15) is 11.5 Å². The van der Waals surface area contributed by atoms with Crippen LogP contribution in [0.15, 0.2) is 66.7 Å². The molecule has 0 saturated heterocycles. The molecule has 4 heterocycles. The molecule has 0 N–H and O–H groups in total.